The first kappa shape index (κ1) is 15.7. The fourth-order valence-electron chi connectivity index (χ4n) is 1.89. The van der Waals surface area contributed by atoms with Gasteiger partial charge in [-0.3, -0.25) is 0 Å². The first-order valence-corrected chi connectivity index (χ1v) is 6.97. The van der Waals surface area contributed by atoms with Gasteiger partial charge in [-0.15, -0.1) is 11.6 Å². The van der Waals surface area contributed by atoms with Crippen molar-refractivity contribution < 1.29 is 17.9 Å². The molecule has 0 bridgehead atoms. The Morgan fingerprint density at radius 3 is 2.48 bits per heavy atom. The van der Waals surface area contributed by atoms with Gasteiger partial charge in [-0.25, -0.2) is 13.2 Å². The summed E-state index contributed by atoms with van der Waals surface area (Å²) < 4.78 is 45.4. The van der Waals surface area contributed by atoms with Crippen LogP contribution < -0.4 is 4.74 Å². The van der Waals surface area contributed by atoms with Crippen LogP contribution in [0.4, 0.5) is 13.2 Å². The summed E-state index contributed by atoms with van der Waals surface area (Å²) in [5.74, 6) is -2.65. The number of ether oxygens (including phenoxy) is 1. The molecule has 112 valence electrons. The van der Waals surface area contributed by atoms with Crippen molar-refractivity contribution in [3.63, 3.8) is 0 Å². The van der Waals surface area contributed by atoms with Crippen LogP contribution in [0.2, 0.25) is 0 Å². The fourth-order valence-corrected chi connectivity index (χ4v) is 2.20. The van der Waals surface area contributed by atoms with Crippen molar-refractivity contribution >= 4 is 11.6 Å². The van der Waals surface area contributed by atoms with Crippen LogP contribution in [0.5, 0.6) is 5.75 Å². The Morgan fingerprint density at radius 1 is 1.05 bits per heavy atom. The first-order valence-electron chi connectivity index (χ1n) is 6.54. The Morgan fingerprint density at radius 2 is 1.76 bits per heavy atom. The quantitative estimate of drug-likeness (QED) is 0.543. The summed E-state index contributed by atoms with van der Waals surface area (Å²) in [6, 6.07) is 8.09. The lowest BCUT2D eigenvalue weighted by atomic mass is 10.0. The number of benzene rings is 2. The second-order valence-corrected chi connectivity index (χ2v) is 5.01. The van der Waals surface area contributed by atoms with E-state index in [0.717, 1.165) is 12.5 Å². The molecule has 0 fully saturated rings. The second-order valence-electron chi connectivity index (χ2n) is 4.57. The van der Waals surface area contributed by atoms with E-state index in [1.54, 1.807) is 24.3 Å². The molecule has 0 saturated heterocycles. The molecule has 1 nitrogen and oxygen atoms in total. The normalized spacial score (nSPS) is 12.2. The first-order chi connectivity index (χ1) is 10.0. The Kier molecular flexibility index (Phi) is 5.12. The summed E-state index contributed by atoms with van der Waals surface area (Å²) in [6.45, 7) is 2.53. The van der Waals surface area contributed by atoms with Gasteiger partial charge in [0.05, 0.1) is 12.0 Å². The molecule has 0 aliphatic carbocycles. The maximum atomic E-state index is 13.7. The van der Waals surface area contributed by atoms with Crippen molar-refractivity contribution in [3.8, 4) is 5.75 Å². The fraction of sp³-hybridized carbons (Fsp3) is 0.250. The van der Waals surface area contributed by atoms with Crippen LogP contribution in [-0.2, 0) is 0 Å². The zero-order valence-corrected chi connectivity index (χ0v) is 12.1. The van der Waals surface area contributed by atoms with E-state index < -0.39 is 22.8 Å². The van der Waals surface area contributed by atoms with E-state index in [2.05, 4.69) is 0 Å². The molecule has 1 unspecified atom stereocenters. The van der Waals surface area contributed by atoms with Gasteiger partial charge in [0.15, 0.2) is 11.6 Å². The van der Waals surface area contributed by atoms with E-state index >= 15 is 0 Å². The van der Waals surface area contributed by atoms with Crippen LogP contribution in [0.1, 0.15) is 29.8 Å². The molecule has 0 saturated carbocycles. The third-order valence-corrected chi connectivity index (χ3v) is 3.42. The highest BCUT2D eigenvalue weighted by Gasteiger charge is 2.19. The van der Waals surface area contributed by atoms with Gasteiger partial charge in [0, 0.05) is 11.6 Å². The summed E-state index contributed by atoms with van der Waals surface area (Å²) in [7, 11) is 0. The Bertz CT molecular complexity index is 631. The minimum atomic E-state index is -1.24. The van der Waals surface area contributed by atoms with E-state index in [9.17, 15) is 13.2 Å². The van der Waals surface area contributed by atoms with Crippen molar-refractivity contribution in [2.45, 2.75) is 18.7 Å². The van der Waals surface area contributed by atoms with Gasteiger partial charge in [-0.1, -0.05) is 19.1 Å². The lowest BCUT2D eigenvalue weighted by Crippen LogP contribution is -2.01. The maximum absolute atomic E-state index is 13.7. The average Bonchev–Trinajstić information content (AvgIpc) is 2.48. The molecule has 21 heavy (non-hydrogen) atoms. The van der Waals surface area contributed by atoms with Gasteiger partial charge in [0.1, 0.15) is 11.6 Å². The van der Waals surface area contributed by atoms with Gasteiger partial charge in [-0.05, 0) is 30.2 Å². The van der Waals surface area contributed by atoms with Crippen LogP contribution in [0.25, 0.3) is 0 Å². The number of hydrogen-bond donors (Lipinski definition) is 0. The standard InChI is InChI=1S/C16H14ClF3O/c1-2-6-21-11-5-3-4-10(7-11)16(17)12-8-14(19)15(20)9-13(12)18/h3-5,7-9,16H,2,6H2,1H3. The lowest BCUT2D eigenvalue weighted by Gasteiger charge is -2.13. The molecule has 0 amide bonds. The van der Waals surface area contributed by atoms with Crippen molar-refractivity contribution in [2.24, 2.45) is 0 Å². The number of hydrogen-bond acceptors (Lipinski definition) is 1. The number of alkyl halides is 1. The topological polar surface area (TPSA) is 9.23 Å². The van der Waals surface area contributed by atoms with Crippen LogP contribution >= 0.6 is 11.6 Å². The summed E-state index contributed by atoms with van der Waals surface area (Å²) >= 11 is 6.18. The average molecular weight is 315 g/mol. The SMILES string of the molecule is CCCOc1cccc(C(Cl)c2cc(F)c(F)cc2F)c1. The molecule has 2 rings (SSSR count). The summed E-state index contributed by atoms with van der Waals surface area (Å²) in [5, 5.41) is -0.926. The van der Waals surface area contributed by atoms with E-state index in [-0.39, 0.29) is 5.56 Å². The molecule has 0 heterocycles. The highest BCUT2D eigenvalue weighted by Crippen LogP contribution is 2.33. The largest absolute Gasteiger partial charge is 0.494 e. The predicted molar refractivity (Wildman–Crippen MR) is 76.2 cm³/mol. The van der Waals surface area contributed by atoms with Crippen LogP contribution in [-0.4, -0.2) is 6.61 Å². The van der Waals surface area contributed by atoms with Crippen molar-refractivity contribution in [1.82, 2.24) is 0 Å². The zero-order chi connectivity index (χ0) is 15.4. The van der Waals surface area contributed by atoms with Gasteiger partial charge in [0.2, 0.25) is 0 Å². The summed E-state index contributed by atoms with van der Waals surface area (Å²) in [6.07, 6.45) is 0.854. The van der Waals surface area contributed by atoms with Gasteiger partial charge in [-0.2, -0.15) is 0 Å². The third kappa shape index (κ3) is 3.70. The van der Waals surface area contributed by atoms with E-state index in [1.165, 1.54) is 0 Å². The van der Waals surface area contributed by atoms with Crippen molar-refractivity contribution in [3.05, 3.63) is 65.0 Å². The van der Waals surface area contributed by atoms with Crippen LogP contribution in [0.3, 0.4) is 0 Å². The van der Waals surface area contributed by atoms with Gasteiger partial charge < -0.3 is 4.74 Å². The van der Waals surface area contributed by atoms with Crippen LogP contribution in [0.15, 0.2) is 36.4 Å². The molecule has 0 aliphatic heterocycles. The highest BCUT2D eigenvalue weighted by atomic mass is 35.5. The Labute approximate surface area is 126 Å². The minimum Gasteiger partial charge on any atom is -0.494 e. The van der Waals surface area contributed by atoms with E-state index in [4.69, 9.17) is 16.3 Å². The third-order valence-electron chi connectivity index (χ3n) is 2.94. The minimum absolute atomic E-state index is 0.108. The monoisotopic (exact) mass is 314 g/mol. The molecule has 0 spiro atoms. The molecule has 2 aromatic rings. The smallest absolute Gasteiger partial charge is 0.161 e. The highest BCUT2D eigenvalue weighted by molar-refractivity contribution is 6.22. The lowest BCUT2D eigenvalue weighted by molar-refractivity contribution is 0.317. The Hall–Kier alpha value is -1.68. The summed E-state index contributed by atoms with van der Waals surface area (Å²) in [5.41, 5.74) is 0.443. The van der Waals surface area contributed by atoms with Gasteiger partial charge in [0.25, 0.3) is 0 Å². The van der Waals surface area contributed by atoms with Gasteiger partial charge >= 0.3 is 0 Å². The Balaban J connectivity index is 2.31. The molecule has 0 aromatic heterocycles. The van der Waals surface area contributed by atoms with Crippen molar-refractivity contribution in [1.29, 1.82) is 0 Å². The predicted octanol–water partition coefficient (Wildman–Crippen LogP) is 5.22. The zero-order valence-electron chi connectivity index (χ0n) is 11.4. The molecule has 5 heteroatoms. The van der Waals surface area contributed by atoms with E-state index in [0.29, 0.717) is 24.0 Å². The molecule has 0 N–H and O–H groups in total. The summed E-state index contributed by atoms with van der Waals surface area (Å²) in [4.78, 5) is 0. The maximum Gasteiger partial charge on any atom is 0.161 e. The number of rotatable bonds is 5. The second kappa shape index (κ2) is 6.85. The molecule has 1 atom stereocenters. The van der Waals surface area contributed by atoms with Crippen molar-refractivity contribution in [2.75, 3.05) is 6.61 Å². The van der Waals surface area contributed by atoms with Crippen LogP contribution in [0, 0.1) is 17.5 Å². The molecule has 0 aliphatic rings. The molecule has 2 aromatic carbocycles. The van der Waals surface area contributed by atoms with E-state index in [1.807, 2.05) is 6.92 Å². The number of halogens is 4. The molecular weight excluding hydrogens is 301 g/mol. The molecule has 0 radical (unpaired) electrons. The molecular formula is C16H14ClF3O.